The van der Waals surface area contributed by atoms with Crippen LogP contribution in [0.25, 0.3) is 11.0 Å². The van der Waals surface area contributed by atoms with Gasteiger partial charge in [0.2, 0.25) is 35.4 Å². The van der Waals surface area contributed by atoms with Gasteiger partial charge in [0, 0.05) is 68.3 Å². The summed E-state index contributed by atoms with van der Waals surface area (Å²) in [6, 6.07) is 5.38. The van der Waals surface area contributed by atoms with Crippen molar-refractivity contribution in [2.75, 3.05) is 51.8 Å². The minimum atomic E-state index is -0.241. The van der Waals surface area contributed by atoms with E-state index in [4.69, 9.17) is 25.2 Å². The van der Waals surface area contributed by atoms with Gasteiger partial charge in [-0.05, 0) is 31.9 Å². The summed E-state index contributed by atoms with van der Waals surface area (Å²) in [5, 5.41) is 34.6. The highest BCUT2D eigenvalue weighted by Gasteiger charge is 2.16. The quantitative estimate of drug-likeness (QED) is 0.110. The number of amides is 6. The van der Waals surface area contributed by atoms with E-state index >= 15 is 0 Å². The Kier molecular flexibility index (Phi) is 38.7. The first-order valence-corrected chi connectivity index (χ1v) is 20.4. The zero-order valence-corrected chi connectivity index (χ0v) is 38.5. The van der Waals surface area contributed by atoms with E-state index in [0.29, 0.717) is 42.0 Å². The Morgan fingerprint density at radius 1 is 0.644 bits per heavy atom. The molecule has 0 saturated carbocycles. The first-order valence-electron chi connectivity index (χ1n) is 20.4. The van der Waals surface area contributed by atoms with Gasteiger partial charge in [0.15, 0.2) is 11.4 Å². The molecule has 2 aromatic rings. The molecule has 0 aliphatic heterocycles. The molecule has 2 rings (SSSR count). The van der Waals surface area contributed by atoms with Crippen LogP contribution < -0.4 is 37.1 Å². The lowest BCUT2D eigenvalue weighted by Crippen LogP contribution is -2.29. The number of fused-ring (bicyclic) bond motifs is 1. The van der Waals surface area contributed by atoms with Crippen LogP contribution in [-0.4, -0.2) is 97.3 Å². The van der Waals surface area contributed by atoms with Crippen LogP contribution in [0.3, 0.4) is 0 Å². The number of aromatic nitrogens is 1. The fraction of sp³-hybridized carbons (Fsp3) is 0.690. The Morgan fingerprint density at radius 3 is 1.41 bits per heavy atom. The number of nitrogens with zero attached hydrogens (tertiary/aromatic N) is 1. The highest BCUT2D eigenvalue weighted by molar-refractivity contribution is 6.02. The van der Waals surface area contributed by atoms with Crippen LogP contribution in [0.5, 0.6) is 5.75 Å². The number of aliphatic hydroxyl groups excluding tert-OH is 2. The van der Waals surface area contributed by atoms with E-state index < -0.39 is 0 Å². The lowest BCUT2D eigenvalue weighted by Gasteiger charge is -2.05. The Hall–Kier alpha value is -4.77. The molecule has 0 radical (unpaired) electrons. The van der Waals surface area contributed by atoms with Gasteiger partial charge in [0.1, 0.15) is 11.1 Å². The Balaban J connectivity index is -0.000000320. The van der Waals surface area contributed by atoms with Crippen LogP contribution in [0.1, 0.15) is 110 Å². The molecule has 0 unspecified atom stereocenters. The average Bonchev–Trinajstić information content (AvgIpc) is 3.59. The highest BCUT2D eigenvalue weighted by Crippen LogP contribution is 2.31. The number of benzene rings is 1. The Bertz CT molecular complexity index is 1420. The summed E-state index contributed by atoms with van der Waals surface area (Å²) >= 11 is 0. The standard InChI is InChI=1S/C12H14N2O3.C7H15NO2.C7H15NO.C6H13NO2.C6H13NO.C4H9NO/c1-7(2)12(15)13-11-10-8(16-3)5-4-6-9(10)17-14-11;1-6(2)7(10)8-4-3-5-9;1-4-5-8-7(9)6(2)3;1-5(2)6(9)7-3-4-8;1-4-7-6(8)5(2)3;1-3(2)4(5)6/h4-7H,1-3H3,(H,13,14,15);6,9H,3-5H2,1-2H3,(H,8,10);6H,4-5H2,1-3H3,(H,8,9);5,8H,3-4H2,1-2H3,(H,7,9);5H,4H2,1-3H3,(H,7,8);3H,1-2H3,(H2,5,6). The average molecular weight is 842 g/mol. The number of anilines is 1. The summed E-state index contributed by atoms with van der Waals surface area (Å²) in [4.78, 5) is 64.5. The maximum Gasteiger partial charge on any atom is 0.228 e. The maximum absolute atomic E-state index is 11.6. The summed E-state index contributed by atoms with van der Waals surface area (Å²) in [5.74, 6) is 1.17. The van der Waals surface area contributed by atoms with Crippen molar-refractivity contribution in [2.24, 2.45) is 41.2 Å². The van der Waals surface area contributed by atoms with E-state index in [1.54, 1.807) is 39.2 Å². The third-order valence-electron chi connectivity index (χ3n) is 7.06. The second-order valence-corrected chi connectivity index (χ2v) is 14.8. The molecule has 342 valence electrons. The number of ether oxygens (including phenoxy) is 1. The largest absolute Gasteiger partial charge is 0.496 e. The van der Waals surface area contributed by atoms with Gasteiger partial charge in [0.05, 0.1) is 13.7 Å². The summed E-state index contributed by atoms with van der Waals surface area (Å²) in [6.07, 6.45) is 1.65. The highest BCUT2D eigenvalue weighted by atomic mass is 16.5. The molecule has 9 N–H and O–H groups in total. The molecule has 0 bridgehead atoms. The number of aliphatic hydroxyl groups is 2. The lowest BCUT2D eigenvalue weighted by molar-refractivity contribution is -0.124. The maximum atomic E-state index is 11.6. The normalized spacial score (nSPS) is 10.0. The zero-order chi connectivity index (χ0) is 46.7. The number of carbonyl (C=O) groups excluding carboxylic acids is 6. The molecule has 59 heavy (non-hydrogen) atoms. The smallest absolute Gasteiger partial charge is 0.228 e. The molecule has 1 heterocycles. The van der Waals surface area contributed by atoms with Crippen molar-refractivity contribution in [3.63, 3.8) is 0 Å². The molecular formula is C42H79N7O10. The molecule has 17 heteroatoms. The number of carbonyl (C=O) groups is 6. The molecule has 1 aromatic heterocycles. The number of nitrogens with one attached hydrogen (secondary N) is 5. The number of nitrogens with two attached hydrogens (primary N) is 1. The van der Waals surface area contributed by atoms with Gasteiger partial charge in [0.25, 0.3) is 0 Å². The molecule has 0 atom stereocenters. The van der Waals surface area contributed by atoms with E-state index in [9.17, 15) is 28.8 Å². The van der Waals surface area contributed by atoms with Crippen LogP contribution in [0.2, 0.25) is 0 Å². The van der Waals surface area contributed by atoms with Crippen LogP contribution in [0.15, 0.2) is 22.7 Å². The molecular weight excluding hydrogens is 763 g/mol. The fourth-order valence-corrected chi connectivity index (χ4v) is 3.19. The van der Waals surface area contributed by atoms with Crippen molar-refractivity contribution >= 4 is 52.2 Å². The molecule has 0 aliphatic rings. The molecule has 0 fully saturated rings. The van der Waals surface area contributed by atoms with Gasteiger partial charge in [-0.25, -0.2) is 0 Å². The number of hydrogen-bond acceptors (Lipinski definition) is 11. The Morgan fingerprint density at radius 2 is 1.07 bits per heavy atom. The minimum Gasteiger partial charge on any atom is -0.496 e. The predicted molar refractivity (Wildman–Crippen MR) is 234 cm³/mol. The van der Waals surface area contributed by atoms with E-state index in [2.05, 4.69) is 31.7 Å². The number of hydrogen-bond donors (Lipinski definition) is 8. The van der Waals surface area contributed by atoms with Crippen LogP contribution >= 0.6 is 0 Å². The summed E-state index contributed by atoms with van der Waals surface area (Å²) in [7, 11) is 1.57. The van der Waals surface area contributed by atoms with Gasteiger partial charge in [-0.2, -0.15) is 0 Å². The van der Waals surface area contributed by atoms with Crippen LogP contribution in [0.4, 0.5) is 5.82 Å². The summed E-state index contributed by atoms with van der Waals surface area (Å²) < 4.78 is 10.3. The topological polar surface area (TPSA) is 264 Å². The second kappa shape index (κ2) is 37.5. The number of methoxy groups -OCH3 is 1. The van der Waals surface area contributed by atoms with Crippen molar-refractivity contribution in [3.05, 3.63) is 18.2 Å². The van der Waals surface area contributed by atoms with Gasteiger partial charge in [-0.15, -0.1) is 0 Å². The summed E-state index contributed by atoms with van der Waals surface area (Å²) in [6.45, 7) is 28.6. The zero-order valence-electron chi connectivity index (χ0n) is 38.5. The van der Waals surface area contributed by atoms with Gasteiger partial charge < -0.3 is 51.8 Å². The van der Waals surface area contributed by atoms with Crippen molar-refractivity contribution < 1.29 is 48.2 Å². The lowest BCUT2D eigenvalue weighted by atomic mass is 10.2. The molecule has 0 aliphatic carbocycles. The van der Waals surface area contributed by atoms with Crippen molar-refractivity contribution in [1.82, 2.24) is 26.4 Å². The predicted octanol–water partition coefficient (Wildman–Crippen LogP) is 4.40. The first-order chi connectivity index (χ1) is 27.5. The second-order valence-electron chi connectivity index (χ2n) is 14.8. The summed E-state index contributed by atoms with van der Waals surface area (Å²) in [5.41, 5.74) is 5.38. The van der Waals surface area contributed by atoms with E-state index in [-0.39, 0.29) is 84.2 Å². The Labute approximate surface area is 353 Å². The van der Waals surface area contributed by atoms with E-state index in [1.807, 2.05) is 83.1 Å². The van der Waals surface area contributed by atoms with Gasteiger partial charge >= 0.3 is 0 Å². The van der Waals surface area contributed by atoms with Crippen LogP contribution in [0, 0.1) is 35.5 Å². The minimum absolute atomic E-state index is 0.00926. The molecule has 6 amide bonds. The molecule has 0 spiro atoms. The number of primary amides is 1. The van der Waals surface area contributed by atoms with Gasteiger partial charge in [-0.1, -0.05) is 101 Å². The monoisotopic (exact) mass is 842 g/mol. The van der Waals surface area contributed by atoms with Gasteiger partial charge in [-0.3, -0.25) is 28.8 Å². The van der Waals surface area contributed by atoms with Crippen molar-refractivity contribution in [3.8, 4) is 5.75 Å². The third-order valence-corrected chi connectivity index (χ3v) is 7.06. The third kappa shape index (κ3) is 33.9. The van der Waals surface area contributed by atoms with Crippen molar-refractivity contribution in [2.45, 2.75) is 110 Å². The SMILES string of the molecule is CC(C)C(=O)NCCCO.CC(C)C(=O)NCCO.CC(C)C(N)=O.CCCNC(=O)C(C)C.CCNC(=O)C(C)C.COc1cccc2onc(NC(=O)C(C)C)c12. The molecule has 1 aromatic carbocycles. The fourth-order valence-electron chi connectivity index (χ4n) is 3.19. The number of rotatable bonds is 16. The first kappa shape index (κ1) is 60.9. The van der Waals surface area contributed by atoms with Crippen molar-refractivity contribution in [1.29, 1.82) is 0 Å². The molecule has 17 nitrogen and oxygen atoms in total. The molecule has 0 saturated heterocycles. The van der Waals surface area contributed by atoms with E-state index in [0.717, 1.165) is 19.5 Å². The van der Waals surface area contributed by atoms with Crippen LogP contribution in [-0.2, 0) is 28.8 Å². The van der Waals surface area contributed by atoms with E-state index in [1.165, 1.54) is 0 Å².